The zero-order valence-electron chi connectivity index (χ0n) is 11.6. The summed E-state index contributed by atoms with van der Waals surface area (Å²) in [6.45, 7) is 1.66. The number of hydrogen-bond donors (Lipinski definition) is 2. The first-order valence-electron chi connectivity index (χ1n) is 6.05. The number of carbonyl (C=O) groups is 1. The molecule has 1 rings (SSSR count). The second-order valence-electron chi connectivity index (χ2n) is 4.78. The van der Waals surface area contributed by atoms with E-state index in [2.05, 4.69) is 5.32 Å². The van der Waals surface area contributed by atoms with E-state index in [0.717, 1.165) is 11.8 Å². The molecule has 5 nitrogen and oxygen atoms in total. The van der Waals surface area contributed by atoms with E-state index in [1.807, 2.05) is 30.3 Å². The Labute approximate surface area is 126 Å². The summed E-state index contributed by atoms with van der Waals surface area (Å²) in [6, 6.07) is 8.52. The van der Waals surface area contributed by atoms with Crippen LogP contribution in [0.1, 0.15) is 24.9 Å². The highest BCUT2D eigenvalue weighted by molar-refractivity contribution is 7.90. The first-order valence-corrected chi connectivity index (χ1v) is 8.11. The Morgan fingerprint density at radius 3 is 2.35 bits per heavy atom. The van der Waals surface area contributed by atoms with Crippen LogP contribution in [-0.4, -0.2) is 32.4 Å². The van der Waals surface area contributed by atoms with E-state index >= 15 is 0 Å². The Morgan fingerprint density at radius 2 is 1.85 bits per heavy atom. The first kappa shape index (κ1) is 18.9. The highest BCUT2D eigenvalue weighted by Gasteiger charge is 2.16. The molecular formula is C13H21ClN2O3S. The van der Waals surface area contributed by atoms with Gasteiger partial charge in [-0.1, -0.05) is 30.3 Å². The van der Waals surface area contributed by atoms with Gasteiger partial charge < -0.3 is 11.1 Å². The standard InChI is InChI=1S/C13H20N2O3S.ClH/c1-10(9-19(2,17)18)15-13(16)8-12(14)11-6-4-3-5-7-11;/h3-7,10,12H,8-9,14H2,1-2H3,(H,15,16);1H. The Bertz CT molecular complexity index is 520. The van der Waals surface area contributed by atoms with Gasteiger partial charge in [-0.15, -0.1) is 12.4 Å². The number of hydrogen-bond acceptors (Lipinski definition) is 4. The van der Waals surface area contributed by atoms with Gasteiger partial charge in [-0.2, -0.15) is 0 Å². The lowest BCUT2D eigenvalue weighted by Crippen LogP contribution is -2.38. The average Bonchev–Trinajstić information content (AvgIpc) is 2.27. The topological polar surface area (TPSA) is 89.3 Å². The molecule has 0 aliphatic carbocycles. The number of rotatable bonds is 6. The minimum atomic E-state index is -3.10. The molecule has 2 atom stereocenters. The van der Waals surface area contributed by atoms with Crippen LogP contribution in [-0.2, 0) is 14.6 Å². The minimum absolute atomic E-state index is 0. The molecule has 1 aromatic rings. The molecule has 1 aromatic carbocycles. The maximum Gasteiger partial charge on any atom is 0.222 e. The van der Waals surface area contributed by atoms with Crippen LogP contribution in [0.2, 0.25) is 0 Å². The third-order valence-electron chi connectivity index (χ3n) is 2.59. The Hall–Kier alpha value is -1.11. The molecule has 0 heterocycles. The molecular weight excluding hydrogens is 300 g/mol. The van der Waals surface area contributed by atoms with Crippen LogP contribution < -0.4 is 11.1 Å². The molecule has 0 bridgehead atoms. The molecule has 0 spiro atoms. The van der Waals surface area contributed by atoms with Crippen LogP contribution in [0.3, 0.4) is 0 Å². The average molecular weight is 321 g/mol. The normalized spacial score (nSPS) is 13.9. The summed E-state index contributed by atoms with van der Waals surface area (Å²) in [7, 11) is -3.10. The molecule has 0 aromatic heterocycles. The highest BCUT2D eigenvalue weighted by atomic mass is 35.5. The molecule has 20 heavy (non-hydrogen) atoms. The van der Waals surface area contributed by atoms with Gasteiger partial charge in [-0.3, -0.25) is 4.79 Å². The van der Waals surface area contributed by atoms with Gasteiger partial charge in [-0.25, -0.2) is 8.42 Å². The number of carbonyl (C=O) groups excluding carboxylic acids is 1. The highest BCUT2D eigenvalue weighted by Crippen LogP contribution is 2.12. The number of sulfone groups is 1. The molecule has 0 saturated heterocycles. The molecule has 2 unspecified atom stereocenters. The van der Waals surface area contributed by atoms with Gasteiger partial charge in [0.05, 0.1) is 5.75 Å². The van der Waals surface area contributed by atoms with E-state index < -0.39 is 15.9 Å². The van der Waals surface area contributed by atoms with E-state index in [1.54, 1.807) is 6.92 Å². The number of nitrogens with two attached hydrogens (primary N) is 1. The Kier molecular flexibility index (Phi) is 7.78. The van der Waals surface area contributed by atoms with Gasteiger partial charge in [0.2, 0.25) is 5.91 Å². The summed E-state index contributed by atoms with van der Waals surface area (Å²) in [6.07, 6.45) is 1.28. The lowest BCUT2D eigenvalue weighted by atomic mass is 10.0. The van der Waals surface area contributed by atoms with Gasteiger partial charge in [0.1, 0.15) is 9.84 Å². The largest absolute Gasteiger partial charge is 0.353 e. The quantitative estimate of drug-likeness (QED) is 0.820. The van der Waals surface area contributed by atoms with E-state index in [4.69, 9.17) is 5.73 Å². The molecule has 7 heteroatoms. The van der Waals surface area contributed by atoms with Crippen LogP contribution >= 0.6 is 12.4 Å². The fraction of sp³-hybridized carbons (Fsp3) is 0.462. The maximum atomic E-state index is 11.7. The van der Waals surface area contributed by atoms with Crippen molar-refractivity contribution in [3.8, 4) is 0 Å². The monoisotopic (exact) mass is 320 g/mol. The maximum absolute atomic E-state index is 11.7. The van der Waals surface area contributed by atoms with Crippen molar-refractivity contribution in [2.24, 2.45) is 5.73 Å². The van der Waals surface area contributed by atoms with Crippen molar-refractivity contribution in [3.05, 3.63) is 35.9 Å². The van der Waals surface area contributed by atoms with Crippen molar-refractivity contribution in [2.45, 2.75) is 25.4 Å². The third kappa shape index (κ3) is 7.47. The van der Waals surface area contributed by atoms with E-state index in [9.17, 15) is 13.2 Å². The predicted octanol–water partition coefficient (Wildman–Crippen LogP) is 1.05. The van der Waals surface area contributed by atoms with Crippen molar-refractivity contribution in [1.82, 2.24) is 5.32 Å². The van der Waals surface area contributed by atoms with Gasteiger partial charge in [0.25, 0.3) is 0 Å². The van der Waals surface area contributed by atoms with E-state index in [-0.39, 0.29) is 36.5 Å². The molecule has 1 amide bonds. The second-order valence-corrected chi connectivity index (χ2v) is 6.97. The summed E-state index contributed by atoms with van der Waals surface area (Å²) in [4.78, 5) is 11.7. The summed E-state index contributed by atoms with van der Waals surface area (Å²) < 4.78 is 22.2. The summed E-state index contributed by atoms with van der Waals surface area (Å²) >= 11 is 0. The fourth-order valence-corrected chi connectivity index (χ4v) is 2.84. The number of benzene rings is 1. The molecule has 0 fully saturated rings. The van der Waals surface area contributed by atoms with E-state index in [1.165, 1.54) is 0 Å². The molecule has 114 valence electrons. The lowest BCUT2D eigenvalue weighted by Gasteiger charge is -2.15. The van der Waals surface area contributed by atoms with Crippen molar-refractivity contribution in [2.75, 3.05) is 12.0 Å². The van der Waals surface area contributed by atoms with Crippen LogP contribution in [0.4, 0.5) is 0 Å². The van der Waals surface area contributed by atoms with Crippen LogP contribution in [0, 0.1) is 0 Å². The Morgan fingerprint density at radius 1 is 1.30 bits per heavy atom. The molecule has 0 aliphatic heterocycles. The number of halogens is 1. The zero-order valence-corrected chi connectivity index (χ0v) is 13.2. The summed E-state index contributed by atoms with van der Waals surface area (Å²) in [5.74, 6) is -0.313. The van der Waals surface area contributed by atoms with Gasteiger partial charge in [0, 0.05) is 24.8 Å². The Balaban J connectivity index is 0.00000361. The second kappa shape index (κ2) is 8.24. The number of nitrogens with one attached hydrogen (secondary N) is 1. The van der Waals surface area contributed by atoms with Crippen LogP contribution in [0.25, 0.3) is 0 Å². The van der Waals surface area contributed by atoms with Crippen molar-refractivity contribution >= 4 is 28.2 Å². The summed E-state index contributed by atoms with van der Waals surface area (Å²) in [5.41, 5.74) is 6.80. The summed E-state index contributed by atoms with van der Waals surface area (Å²) in [5, 5.41) is 2.64. The zero-order chi connectivity index (χ0) is 14.5. The van der Waals surface area contributed by atoms with Gasteiger partial charge >= 0.3 is 0 Å². The number of amides is 1. The SMILES string of the molecule is CC(CS(C)(=O)=O)NC(=O)CC(N)c1ccccc1.Cl. The predicted molar refractivity (Wildman–Crippen MR) is 82.6 cm³/mol. The molecule has 0 radical (unpaired) electrons. The van der Waals surface area contributed by atoms with Crippen molar-refractivity contribution in [1.29, 1.82) is 0 Å². The van der Waals surface area contributed by atoms with Gasteiger partial charge in [-0.05, 0) is 12.5 Å². The smallest absolute Gasteiger partial charge is 0.222 e. The molecule has 0 saturated carbocycles. The third-order valence-corrected chi connectivity index (χ3v) is 3.70. The molecule has 0 aliphatic rings. The van der Waals surface area contributed by atoms with Gasteiger partial charge in [0.15, 0.2) is 0 Å². The first-order chi connectivity index (χ1) is 8.78. The fourth-order valence-electron chi connectivity index (χ4n) is 1.85. The van der Waals surface area contributed by atoms with E-state index in [0.29, 0.717) is 0 Å². The lowest BCUT2D eigenvalue weighted by molar-refractivity contribution is -0.121. The van der Waals surface area contributed by atoms with Crippen LogP contribution in [0.5, 0.6) is 0 Å². The minimum Gasteiger partial charge on any atom is -0.353 e. The molecule has 3 N–H and O–H groups in total. The van der Waals surface area contributed by atoms with Crippen molar-refractivity contribution in [3.63, 3.8) is 0 Å². The van der Waals surface area contributed by atoms with Crippen molar-refractivity contribution < 1.29 is 13.2 Å². The van der Waals surface area contributed by atoms with Crippen LogP contribution in [0.15, 0.2) is 30.3 Å².